The number of aromatic nitrogens is 2. The number of hydrogen-bond acceptors (Lipinski definition) is 6. The third kappa shape index (κ3) is 4.99. The average Bonchev–Trinajstić information content (AvgIpc) is 2.86. The average molecular weight is 468 g/mol. The van der Waals surface area contributed by atoms with Crippen LogP contribution in [0.4, 0.5) is 5.82 Å². The first kappa shape index (κ1) is 23.9. The topological polar surface area (TPSA) is 111 Å². The van der Waals surface area contributed by atoms with Crippen molar-refractivity contribution in [2.75, 3.05) is 38.5 Å². The van der Waals surface area contributed by atoms with Crippen LogP contribution in [0.5, 0.6) is 0 Å². The molecular weight excluding hydrogens is 434 g/mol. The van der Waals surface area contributed by atoms with E-state index in [9.17, 15) is 19.2 Å². The fraction of sp³-hybridized carbons (Fsp3) is 0.520. The molecule has 0 atom stereocenters. The minimum absolute atomic E-state index is 0.0223. The van der Waals surface area contributed by atoms with Crippen LogP contribution in [-0.2, 0) is 18.4 Å². The molecule has 1 saturated carbocycles. The van der Waals surface area contributed by atoms with Gasteiger partial charge in [-0.25, -0.2) is 4.79 Å². The lowest BCUT2D eigenvalue weighted by molar-refractivity contribution is -0.138. The zero-order valence-corrected chi connectivity index (χ0v) is 19.7. The third-order valence-electron chi connectivity index (χ3n) is 7.05. The van der Waals surface area contributed by atoms with Crippen LogP contribution in [0.2, 0.25) is 0 Å². The molecule has 0 spiro atoms. The van der Waals surface area contributed by atoms with Gasteiger partial charge in [0.1, 0.15) is 11.4 Å². The summed E-state index contributed by atoms with van der Waals surface area (Å²) < 4.78 is 2.21. The molecule has 2 N–H and O–H groups in total. The minimum Gasteiger partial charge on any atom is -0.384 e. The standard InChI is InChI=1S/C25H33N5O4/c1-27-24(33)21(22(26)30(25(27)34)16-18-8-4-2-5-9-18)20(31)17-28-12-14-29(15-13-28)23(32)19-10-6-3-7-11-19/h2,4-5,8-9,19H,3,6-7,10-17,26H2,1H3. The molecule has 1 aliphatic carbocycles. The third-order valence-corrected chi connectivity index (χ3v) is 7.05. The molecule has 1 amide bonds. The first-order valence-corrected chi connectivity index (χ1v) is 12.0. The first-order valence-electron chi connectivity index (χ1n) is 12.0. The van der Waals surface area contributed by atoms with Crippen molar-refractivity contribution >= 4 is 17.5 Å². The van der Waals surface area contributed by atoms with E-state index in [0.717, 1.165) is 35.8 Å². The summed E-state index contributed by atoms with van der Waals surface area (Å²) in [6.07, 6.45) is 5.39. The SMILES string of the molecule is Cn1c(=O)c(C(=O)CN2CCN(C(=O)C3CCCCC3)CC2)c(N)n(Cc2ccccc2)c1=O. The van der Waals surface area contributed by atoms with Gasteiger partial charge in [0.2, 0.25) is 5.91 Å². The van der Waals surface area contributed by atoms with Crippen LogP contribution in [0.15, 0.2) is 39.9 Å². The lowest BCUT2D eigenvalue weighted by Gasteiger charge is -2.36. The molecule has 0 bridgehead atoms. The van der Waals surface area contributed by atoms with Gasteiger partial charge in [0.15, 0.2) is 5.78 Å². The maximum atomic E-state index is 13.2. The zero-order chi connectivity index (χ0) is 24.2. The molecule has 2 aliphatic rings. The van der Waals surface area contributed by atoms with E-state index < -0.39 is 17.0 Å². The lowest BCUT2D eigenvalue weighted by Crippen LogP contribution is -2.52. The van der Waals surface area contributed by atoms with Gasteiger partial charge in [0, 0.05) is 39.1 Å². The van der Waals surface area contributed by atoms with Crippen LogP contribution in [0.25, 0.3) is 0 Å². The molecule has 1 aliphatic heterocycles. The van der Waals surface area contributed by atoms with E-state index in [2.05, 4.69) is 0 Å². The number of benzene rings is 1. The molecule has 34 heavy (non-hydrogen) atoms. The molecule has 1 saturated heterocycles. The molecule has 0 unspecified atom stereocenters. The summed E-state index contributed by atoms with van der Waals surface area (Å²) in [6, 6.07) is 9.28. The molecule has 4 rings (SSSR count). The largest absolute Gasteiger partial charge is 0.384 e. The van der Waals surface area contributed by atoms with E-state index in [1.54, 1.807) is 0 Å². The van der Waals surface area contributed by atoms with Crippen LogP contribution >= 0.6 is 0 Å². The maximum absolute atomic E-state index is 13.2. The number of carbonyl (C=O) groups is 2. The summed E-state index contributed by atoms with van der Waals surface area (Å²) in [5.74, 6) is -0.146. The Labute approximate surface area is 198 Å². The van der Waals surface area contributed by atoms with Gasteiger partial charge in [-0.1, -0.05) is 49.6 Å². The van der Waals surface area contributed by atoms with Gasteiger partial charge in [-0.15, -0.1) is 0 Å². The second kappa shape index (κ2) is 10.4. The molecule has 9 heteroatoms. The molecule has 2 fully saturated rings. The molecule has 1 aromatic carbocycles. The Kier molecular flexibility index (Phi) is 7.31. The minimum atomic E-state index is -0.678. The summed E-state index contributed by atoms with van der Waals surface area (Å²) in [7, 11) is 1.36. The predicted octanol–water partition coefficient (Wildman–Crippen LogP) is 1.08. The highest BCUT2D eigenvalue weighted by molar-refractivity contribution is 6.01. The number of piperazine rings is 1. The zero-order valence-electron chi connectivity index (χ0n) is 19.7. The van der Waals surface area contributed by atoms with Crippen molar-refractivity contribution in [3.05, 3.63) is 62.3 Å². The van der Waals surface area contributed by atoms with Crippen molar-refractivity contribution in [3.8, 4) is 0 Å². The van der Waals surface area contributed by atoms with Gasteiger partial charge in [0.05, 0.1) is 13.1 Å². The molecule has 0 radical (unpaired) electrons. The fourth-order valence-corrected chi connectivity index (χ4v) is 4.98. The first-order chi connectivity index (χ1) is 16.4. The fourth-order valence-electron chi connectivity index (χ4n) is 4.98. The maximum Gasteiger partial charge on any atom is 0.332 e. The molecule has 182 valence electrons. The van der Waals surface area contributed by atoms with Gasteiger partial charge in [0.25, 0.3) is 5.56 Å². The van der Waals surface area contributed by atoms with Crippen molar-refractivity contribution in [1.29, 1.82) is 0 Å². The van der Waals surface area contributed by atoms with E-state index in [1.807, 2.05) is 40.1 Å². The van der Waals surface area contributed by atoms with Gasteiger partial charge >= 0.3 is 5.69 Å². The second-order valence-corrected chi connectivity index (χ2v) is 9.34. The van der Waals surface area contributed by atoms with Crippen LogP contribution in [-0.4, -0.2) is 63.3 Å². The predicted molar refractivity (Wildman–Crippen MR) is 130 cm³/mol. The Morgan fingerprint density at radius 3 is 2.26 bits per heavy atom. The monoisotopic (exact) mass is 467 g/mol. The summed E-state index contributed by atoms with van der Waals surface area (Å²) in [5.41, 5.74) is 5.66. The van der Waals surface area contributed by atoms with Crippen LogP contribution in [0, 0.1) is 5.92 Å². The Bertz CT molecular complexity index is 1160. The normalized spacial score (nSPS) is 17.6. The highest BCUT2D eigenvalue weighted by atomic mass is 16.2. The van der Waals surface area contributed by atoms with E-state index in [4.69, 9.17) is 5.73 Å². The lowest BCUT2D eigenvalue weighted by atomic mass is 9.88. The molecule has 2 aromatic rings. The molecule has 1 aromatic heterocycles. The summed E-state index contributed by atoms with van der Waals surface area (Å²) in [6.45, 7) is 2.46. The van der Waals surface area contributed by atoms with Crippen LogP contribution < -0.4 is 17.0 Å². The van der Waals surface area contributed by atoms with Gasteiger partial charge < -0.3 is 10.6 Å². The van der Waals surface area contributed by atoms with E-state index in [-0.39, 0.29) is 36.3 Å². The quantitative estimate of drug-likeness (QED) is 0.637. The number of ketones is 1. The number of nitrogens with zero attached hydrogens (tertiary/aromatic N) is 4. The highest BCUT2D eigenvalue weighted by Gasteiger charge is 2.30. The van der Waals surface area contributed by atoms with Gasteiger partial charge in [-0.2, -0.15) is 0 Å². The number of amides is 1. The summed E-state index contributed by atoms with van der Waals surface area (Å²) >= 11 is 0. The Morgan fingerprint density at radius 1 is 0.971 bits per heavy atom. The van der Waals surface area contributed by atoms with Gasteiger partial charge in [-0.3, -0.25) is 28.4 Å². The Morgan fingerprint density at radius 2 is 1.62 bits per heavy atom. The number of carbonyl (C=O) groups excluding carboxylic acids is 2. The smallest absolute Gasteiger partial charge is 0.332 e. The van der Waals surface area contributed by atoms with Crippen molar-refractivity contribution in [2.24, 2.45) is 13.0 Å². The number of nitrogen functional groups attached to an aromatic ring is 1. The Balaban J connectivity index is 1.45. The molecule has 9 nitrogen and oxygen atoms in total. The Hall–Kier alpha value is -3.20. The van der Waals surface area contributed by atoms with Gasteiger partial charge in [-0.05, 0) is 18.4 Å². The van der Waals surface area contributed by atoms with Crippen molar-refractivity contribution in [3.63, 3.8) is 0 Å². The summed E-state index contributed by atoms with van der Waals surface area (Å²) in [5, 5.41) is 0. The number of rotatable bonds is 6. The van der Waals surface area contributed by atoms with Crippen LogP contribution in [0.1, 0.15) is 48.0 Å². The summed E-state index contributed by atoms with van der Waals surface area (Å²) in [4.78, 5) is 55.3. The highest BCUT2D eigenvalue weighted by Crippen LogP contribution is 2.25. The second-order valence-electron chi connectivity index (χ2n) is 9.34. The molecule has 2 heterocycles. The number of Topliss-reactive ketones (excluding diaryl/α,β-unsaturated/α-hetero) is 1. The van der Waals surface area contributed by atoms with Crippen molar-refractivity contribution < 1.29 is 9.59 Å². The van der Waals surface area contributed by atoms with E-state index in [0.29, 0.717) is 26.2 Å². The van der Waals surface area contributed by atoms with Crippen LogP contribution in [0.3, 0.4) is 0 Å². The van der Waals surface area contributed by atoms with Crippen molar-refractivity contribution in [2.45, 2.75) is 38.6 Å². The van der Waals surface area contributed by atoms with E-state index >= 15 is 0 Å². The van der Waals surface area contributed by atoms with Crippen molar-refractivity contribution in [1.82, 2.24) is 18.9 Å². The number of nitrogens with two attached hydrogens (primary N) is 1. The number of anilines is 1. The van der Waals surface area contributed by atoms with E-state index in [1.165, 1.54) is 18.0 Å². The molecular formula is C25H33N5O4. The number of hydrogen-bond donors (Lipinski definition) is 1.